The lowest BCUT2D eigenvalue weighted by atomic mass is 10.4. The first-order chi connectivity index (χ1) is 8.00. The van der Waals surface area contributed by atoms with Crippen LogP contribution >= 0.6 is 0 Å². The van der Waals surface area contributed by atoms with Gasteiger partial charge in [0.15, 0.2) is 0 Å². The summed E-state index contributed by atoms with van der Waals surface area (Å²) >= 11 is 0. The van der Waals surface area contributed by atoms with E-state index in [4.69, 9.17) is 0 Å². The van der Waals surface area contributed by atoms with E-state index in [0.29, 0.717) is 0 Å². The Labute approximate surface area is 110 Å². The van der Waals surface area contributed by atoms with Crippen LogP contribution in [0.2, 0.25) is 0 Å². The van der Waals surface area contributed by atoms with Crippen LogP contribution in [0.1, 0.15) is 34.6 Å². The zero-order chi connectivity index (χ0) is 15.7. The van der Waals surface area contributed by atoms with Gasteiger partial charge < -0.3 is 15.3 Å². The van der Waals surface area contributed by atoms with Crippen molar-refractivity contribution in [3.8, 4) is 0 Å². The van der Waals surface area contributed by atoms with Crippen LogP contribution in [-0.2, 0) is 14.4 Å². The molecule has 0 fully saturated rings. The predicted octanol–water partition coefficient (Wildman–Crippen LogP) is 2.60. The fourth-order valence-electron chi connectivity index (χ4n) is 0. The molecule has 1 amide bonds. The molecule has 18 heavy (non-hydrogen) atoms. The van der Waals surface area contributed by atoms with Crippen molar-refractivity contribution < 1.29 is 14.4 Å². The van der Waals surface area contributed by atoms with E-state index in [1.165, 1.54) is 27.7 Å². The van der Waals surface area contributed by atoms with Crippen LogP contribution in [0.3, 0.4) is 0 Å². The Morgan fingerprint density at radius 1 is 0.833 bits per heavy atom. The van der Waals surface area contributed by atoms with Crippen molar-refractivity contribution in [3.63, 3.8) is 0 Å². The van der Waals surface area contributed by atoms with Gasteiger partial charge in [0.25, 0.3) is 0 Å². The van der Waals surface area contributed by atoms with Gasteiger partial charge in [0, 0.05) is 0 Å². The molecule has 4 heteroatoms. The lowest BCUT2D eigenvalue weighted by Gasteiger charge is -1.71. The van der Waals surface area contributed by atoms with Gasteiger partial charge in [0.1, 0.15) is 11.6 Å². The Morgan fingerprint density at radius 2 is 0.944 bits per heavy atom. The first-order valence-corrected chi connectivity index (χ1v) is 5.15. The summed E-state index contributed by atoms with van der Waals surface area (Å²) in [5.74, 6) is -0.148. The molecular formula is C14H25NO3. The lowest BCUT2D eigenvalue weighted by molar-refractivity contribution is -0.115. The van der Waals surface area contributed by atoms with Gasteiger partial charge in [-0.25, -0.2) is 0 Å². The second-order valence-corrected chi connectivity index (χ2v) is 3.47. The highest BCUT2D eigenvalue weighted by molar-refractivity contribution is 5.84. The summed E-state index contributed by atoms with van der Waals surface area (Å²) < 4.78 is 0. The van der Waals surface area contributed by atoms with Crippen molar-refractivity contribution in [1.82, 2.24) is 0 Å². The van der Waals surface area contributed by atoms with Crippen molar-refractivity contribution in [3.05, 3.63) is 37.5 Å². The molecular weight excluding hydrogens is 230 g/mol. The number of carbonyl (C=O) groups excluding carboxylic acids is 3. The maximum Gasteiger partial charge on any atom is 0.240 e. The van der Waals surface area contributed by atoms with Crippen LogP contribution in [0, 0.1) is 0 Å². The average Bonchev–Trinajstić information content (AvgIpc) is 2.16. The Kier molecular flexibility index (Phi) is 28.4. The van der Waals surface area contributed by atoms with Gasteiger partial charge >= 0.3 is 0 Å². The molecule has 2 N–H and O–H groups in total. The van der Waals surface area contributed by atoms with E-state index >= 15 is 0 Å². The number of amides is 1. The average molecular weight is 255 g/mol. The molecule has 0 aromatic heterocycles. The third-order valence-electron chi connectivity index (χ3n) is 0.550. The highest BCUT2D eigenvalue weighted by Crippen LogP contribution is 1.81. The van der Waals surface area contributed by atoms with E-state index in [1.54, 1.807) is 6.08 Å². The van der Waals surface area contributed by atoms with Crippen LogP contribution in [0.25, 0.3) is 0 Å². The van der Waals surface area contributed by atoms with Crippen LogP contribution in [-0.4, -0.2) is 17.5 Å². The lowest BCUT2D eigenvalue weighted by Crippen LogP contribution is -2.04. The van der Waals surface area contributed by atoms with Gasteiger partial charge in [-0.05, 0) is 40.7 Å². The zero-order valence-corrected chi connectivity index (χ0v) is 12.1. The first-order valence-electron chi connectivity index (χ1n) is 5.15. The molecule has 0 atom stereocenters. The summed E-state index contributed by atoms with van der Waals surface area (Å²) in [6.07, 6.45) is 2.78. The van der Waals surface area contributed by atoms with Crippen molar-refractivity contribution in [2.75, 3.05) is 0 Å². The SMILES string of the molecule is C=CC(=C)C.C=CC(N)=O.CC(C)=O.CC(C)=O. The molecule has 0 aliphatic carbocycles. The number of hydrogen-bond acceptors (Lipinski definition) is 3. The molecule has 0 heterocycles. The van der Waals surface area contributed by atoms with Crippen molar-refractivity contribution >= 4 is 17.5 Å². The number of nitrogens with two attached hydrogens (primary N) is 1. The Morgan fingerprint density at radius 3 is 0.944 bits per heavy atom. The second kappa shape index (κ2) is 20.4. The fraction of sp³-hybridized carbons (Fsp3) is 0.357. The summed E-state index contributed by atoms with van der Waals surface area (Å²) in [6, 6.07) is 0. The molecule has 0 saturated heterocycles. The quantitative estimate of drug-likeness (QED) is 0.608. The summed E-state index contributed by atoms with van der Waals surface area (Å²) in [6.45, 7) is 18.1. The number of rotatable bonds is 2. The van der Waals surface area contributed by atoms with Crippen LogP contribution in [0.5, 0.6) is 0 Å². The molecule has 0 radical (unpaired) electrons. The summed E-state index contributed by atoms with van der Waals surface area (Å²) in [4.78, 5) is 28.4. The van der Waals surface area contributed by atoms with E-state index in [2.05, 4.69) is 25.5 Å². The predicted molar refractivity (Wildman–Crippen MR) is 77.1 cm³/mol. The topological polar surface area (TPSA) is 77.2 Å². The van der Waals surface area contributed by atoms with Crippen LogP contribution < -0.4 is 5.73 Å². The number of carbonyl (C=O) groups is 3. The van der Waals surface area contributed by atoms with Gasteiger partial charge in [-0.3, -0.25) is 4.79 Å². The number of Topliss-reactive ketones (excluding diaryl/α,β-unsaturated/α-hetero) is 2. The van der Waals surface area contributed by atoms with Gasteiger partial charge in [-0.2, -0.15) is 0 Å². The van der Waals surface area contributed by atoms with Gasteiger partial charge in [0.05, 0.1) is 0 Å². The zero-order valence-electron chi connectivity index (χ0n) is 12.1. The van der Waals surface area contributed by atoms with Gasteiger partial charge in [-0.15, -0.1) is 0 Å². The van der Waals surface area contributed by atoms with Crippen LogP contribution in [0.15, 0.2) is 37.5 Å². The van der Waals surface area contributed by atoms with E-state index < -0.39 is 5.91 Å². The monoisotopic (exact) mass is 255 g/mol. The number of ketones is 2. The van der Waals surface area contributed by atoms with Gasteiger partial charge in [0.2, 0.25) is 5.91 Å². The molecule has 0 aliphatic rings. The molecule has 0 aromatic rings. The number of primary amides is 1. The molecule has 0 unspecified atom stereocenters. The maximum atomic E-state index is 9.47. The molecule has 0 aromatic carbocycles. The summed E-state index contributed by atoms with van der Waals surface area (Å²) in [5, 5.41) is 0. The molecule has 0 rings (SSSR count). The van der Waals surface area contributed by atoms with E-state index in [0.717, 1.165) is 11.6 Å². The van der Waals surface area contributed by atoms with Crippen LogP contribution in [0.4, 0.5) is 0 Å². The molecule has 0 spiro atoms. The van der Waals surface area contributed by atoms with E-state index in [9.17, 15) is 14.4 Å². The minimum atomic E-state index is -0.481. The third-order valence-corrected chi connectivity index (χ3v) is 0.550. The van der Waals surface area contributed by atoms with Gasteiger partial charge in [-0.1, -0.05) is 31.4 Å². The Hall–Kier alpha value is -1.97. The summed E-state index contributed by atoms with van der Waals surface area (Å²) in [5.41, 5.74) is 5.55. The van der Waals surface area contributed by atoms with Crippen molar-refractivity contribution in [1.29, 1.82) is 0 Å². The Balaban J connectivity index is -0.0000000731. The molecule has 0 aliphatic heterocycles. The van der Waals surface area contributed by atoms with Crippen molar-refractivity contribution in [2.24, 2.45) is 5.73 Å². The largest absolute Gasteiger partial charge is 0.366 e. The molecule has 0 saturated carbocycles. The maximum absolute atomic E-state index is 9.47. The Bertz CT molecular complexity index is 253. The highest BCUT2D eigenvalue weighted by atomic mass is 16.1. The third kappa shape index (κ3) is 578. The normalized spacial score (nSPS) is 6.50. The van der Waals surface area contributed by atoms with E-state index in [-0.39, 0.29) is 11.6 Å². The van der Waals surface area contributed by atoms with Crippen molar-refractivity contribution in [2.45, 2.75) is 34.6 Å². The first kappa shape index (κ1) is 25.0. The second-order valence-electron chi connectivity index (χ2n) is 3.47. The highest BCUT2D eigenvalue weighted by Gasteiger charge is 1.69. The minimum Gasteiger partial charge on any atom is -0.366 e. The molecule has 104 valence electrons. The molecule has 0 bridgehead atoms. The number of allylic oxidation sites excluding steroid dienone is 2. The standard InChI is InChI=1S/C5H8.C3H5NO.2C3H6O/c1-4-5(2)3;1-2-3(4)5;2*1-3(2)4/h4H,1-2H2,3H3;2H,1H2,(H2,4,5);2*1-2H3. The summed E-state index contributed by atoms with van der Waals surface area (Å²) in [7, 11) is 0. The minimum absolute atomic E-state index is 0.167. The number of hydrogen-bond donors (Lipinski definition) is 1. The van der Waals surface area contributed by atoms with E-state index in [1.807, 2.05) is 6.92 Å². The fourth-order valence-corrected chi connectivity index (χ4v) is 0. The smallest absolute Gasteiger partial charge is 0.240 e. The molecule has 4 nitrogen and oxygen atoms in total.